The molecular weight excluding hydrogens is 332 g/mol. The highest BCUT2D eigenvalue weighted by Gasteiger charge is 2.34. The lowest BCUT2D eigenvalue weighted by Crippen LogP contribution is -2.48. The molecule has 0 aliphatic heterocycles. The second-order valence-electron chi connectivity index (χ2n) is 6.31. The largest absolute Gasteiger partial charge is 0.490 e. The Morgan fingerprint density at radius 2 is 1.58 bits per heavy atom. The van der Waals surface area contributed by atoms with Gasteiger partial charge in [0.05, 0.1) is 25.9 Å². The van der Waals surface area contributed by atoms with E-state index < -0.39 is 5.54 Å². The minimum absolute atomic E-state index is 0.293. The summed E-state index contributed by atoms with van der Waals surface area (Å²) in [6.45, 7) is 6.97. The quantitative estimate of drug-likeness (QED) is 0.762. The number of carbonyl (C=O) groups excluding carboxylic acids is 1. The maximum Gasteiger partial charge on any atom is 0.252 e. The molecule has 0 heterocycles. The summed E-state index contributed by atoms with van der Waals surface area (Å²) in [5, 5.41) is 12.5. The molecule has 1 aliphatic carbocycles. The summed E-state index contributed by atoms with van der Waals surface area (Å²) in [4.78, 5) is 12.8. The third kappa shape index (κ3) is 4.60. The fourth-order valence-corrected chi connectivity index (χ4v) is 3.23. The number of ether oxygens (including phenoxy) is 3. The van der Waals surface area contributed by atoms with Crippen LogP contribution in [0.25, 0.3) is 0 Å². The standard InChI is InChI=1S/C20H28N2O4/c1-4-24-16-12-15(13-17(25-5-2)18(16)26-6-3)19(23)22-20(14-21)10-8-7-9-11-20/h12-13H,4-11H2,1-3H3,(H,22,23). The van der Waals surface area contributed by atoms with Crippen LogP contribution in [0.4, 0.5) is 0 Å². The molecular formula is C20H28N2O4. The number of amides is 1. The molecule has 1 aromatic rings. The van der Waals surface area contributed by atoms with Crippen molar-refractivity contribution in [3.8, 4) is 23.3 Å². The fourth-order valence-electron chi connectivity index (χ4n) is 3.23. The minimum Gasteiger partial charge on any atom is -0.490 e. The van der Waals surface area contributed by atoms with E-state index in [4.69, 9.17) is 14.2 Å². The van der Waals surface area contributed by atoms with Crippen molar-refractivity contribution in [1.82, 2.24) is 5.32 Å². The van der Waals surface area contributed by atoms with Gasteiger partial charge < -0.3 is 19.5 Å². The molecule has 0 unspecified atom stereocenters. The second-order valence-corrected chi connectivity index (χ2v) is 6.31. The van der Waals surface area contributed by atoms with Crippen LogP contribution in [-0.4, -0.2) is 31.3 Å². The maximum absolute atomic E-state index is 12.8. The number of benzene rings is 1. The Labute approximate surface area is 155 Å². The lowest BCUT2D eigenvalue weighted by Gasteiger charge is -2.31. The third-order valence-electron chi connectivity index (χ3n) is 4.45. The maximum atomic E-state index is 12.8. The summed E-state index contributed by atoms with van der Waals surface area (Å²) in [6, 6.07) is 5.62. The molecule has 1 aliphatic rings. The summed E-state index contributed by atoms with van der Waals surface area (Å²) >= 11 is 0. The van der Waals surface area contributed by atoms with E-state index in [0.717, 1.165) is 19.3 Å². The molecule has 1 aromatic carbocycles. The van der Waals surface area contributed by atoms with Crippen molar-refractivity contribution in [2.45, 2.75) is 58.4 Å². The van der Waals surface area contributed by atoms with E-state index >= 15 is 0 Å². The normalized spacial score (nSPS) is 15.6. The van der Waals surface area contributed by atoms with Crippen LogP contribution in [0.1, 0.15) is 63.2 Å². The number of hydrogen-bond acceptors (Lipinski definition) is 5. The Morgan fingerprint density at radius 1 is 1.04 bits per heavy atom. The summed E-state index contributed by atoms with van der Waals surface area (Å²) in [5.74, 6) is 1.15. The van der Waals surface area contributed by atoms with Crippen LogP contribution in [-0.2, 0) is 0 Å². The van der Waals surface area contributed by atoms with Crippen LogP contribution in [0.2, 0.25) is 0 Å². The SMILES string of the molecule is CCOc1cc(C(=O)NC2(C#N)CCCCC2)cc(OCC)c1OCC. The van der Waals surface area contributed by atoms with Crippen LogP contribution in [0.5, 0.6) is 17.2 Å². The Morgan fingerprint density at radius 3 is 2.04 bits per heavy atom. The zero-order chi connectivity index (χ0) is 19.0. The number of rotatable bonds is 8. The van der Waals surface area contributed by atoms with Crippen molar-refractivity contribution in [3.63, 3.8) is 0 Å². The molecule has 2 rings (SSSR count). The molecule has 0 saturated heterocycles. The van der Waals surface area contributed by atoms with Gasteiger partial charge in [0.1, 0.15) is 5.54 Å². The van der Waals surface area contributed by atoms with Gasteiger partial charge in [-0.2, -0.15) is 5.26 Å². The fraction of sp³-hybridized carbons (Fsp3) is 0.600. The Bertz CT molecular complexity index is 633. The molecule has 0 atom stereocenters. The van der Waals surface area contributed by atoms with Crippen molar-refractivity contribution in [1.29, 1.82) is 5.26 Å². The van der Waals surface area contributed by atoms with Crippen LogP contribution in [0, 0.1) is 11.3 Å². The van der Waals surface area contributed by atoms with Gasteiger partial charge in [-0.15, -0.1) is 0 Å². The van der Waals surface area contributed by atoms with Gasteiger partial charge in [0.2, 0.25) is 5.75 Å². The molecule has 6 heteroatoms. The second kappa shape index (κ2) is 9.33. The molecule has 26 heavy (non-hydrogen) atoms. The van der Waals surface area contributed by atoms with Crippen molar-refractivity contribution < 1.29 is 19.0 Å². The van der Waals surface area contributed by atoms with Crippen molar-refractivity contribution in [2.24, 2.45) is 0 Å². The third-order valence-corrected chi connectivity index (χ3v) is 4.45. The topological polar surface area (TPSA) is 80.6 Å². The summed E-state index contributed by atoms with van der Waals surface area (Å²) in [5.41, 5.74) is -0.383. The number of nitrogens with zero attached hydrogens (tertiary/aromatic N) is 1. The molecule has 6 nitrogen and oxygen atoms in total. The lowest BCUT2D eigenvalue weighted by atomic mass is 9.82. The molecule has 0 aromatic heterocycles. The predicted octanol–water partition coefficient (Wildman–Crippen LogP) is 3.84. The smallest absolute Gasteiger partial charge is 0.252 e. The molecule has 1 N–H and O–H groups in total. The van der Waals surface area contributed by atoms with Gasteiger partial charge in [-0.05, 0) is 45.7 Å². The van der Waals surface area contributed by atoms with E-state index in [0.29, 0.717) is 55.5 Å². The van der Waals surface area contributed by atoms with E-state index in [2.05, 4.69) is 11.4 Å². The first-order valence-electron chi connectivity index (χ1n) is 9.39. The summed E-state index contributed by atoms with van der Waals surface area (Å²) < 4.78 is 17.0. The number of nitriles is 1. The van der Waals surface area contributed by atoms with Crippen LogP contribution in [0.15, 0.2) is 12.1 Å². The average molecular weight is 360 g/mol. The van der Waals surface area contributed by atoms with E-state index in [1.165, 1.54) is 0 Å². The highest BCUT2D eigenvalue weighted by atomic mass is 16.5. The first-order valence-corrected chi connectivity index (χ1v) is 9.39. The monoisotopic (exact) mass is 360 g/mol. The number of hydrogen-bond donors (Lipinski definition) is 1. The molecule has 0 spiro atoms. The molecule has 142 valence electrons. The van der Waals surface area contributed by atoms with Gasteiger partial charge in [-0.3, -0.25) is 4.79 Å². The van der Waals surface area contributed by atoms with Crippen LogP contribution < -0.4 is 19.5 Å². The van der Waals surface area contributed by atoms with E-state index in [1.54, 1.807) is 12.1 Å². The molecule has 0 bridgehead atoms. The van der Waals surface area contributed by atoms with Gasteiger partial charge in [-0.25, -0.2) is 0 Å². The Balaban J connectivity index is 2.34. The highest BCUT2D eigenvalue weighted by molar-refractivity contribution is 5.96. The molecule has 1 fully saturated rings. The van der Waals surface area contributed by atoms with Gasteiger partial charge in [0.25, 0.3) is 5.91 Å². The molecule has 1 amide bonds. The lowest BCUT2D eigenvalue weighted by molar-refractivity contribution is 0.0901. The van der Waals surface area contributed by atoms with Crippen molar-refractivity contribution in [2.75, 3.05) is 19.8 Å². The van der Waals surface area contributed by atoms with Gasteiger partial charge >= 0.3 is 0 Å². The van der Waals surface area contributed by atoms with E-state index in [9.17, 15) is 10.1 Å². The van der Waals surface area contributed by atoms with Crippen LogP contribution in [0.3, 0.4) is 0 Å². The minimum atomic E-state index is -0.786. The Kier molecular flexibility index (Phi) is 7.14. The summed E-state index contributed by atoms with van der Waals surface area (Å²) in [6.07, 6.45) is 4.37. The first-order chi connectivity index (χ1) is 12.6. The van der Waals surface area contributed by atoms with Gasteiger partial charge in [0.15, 0.2) is 11.5 Å². The average Bonchev–Trinajstić information content (AvgIpc) is 2.65. The number of carbonyl (C=O) groups is 1. The number of nitrogens with one attached hydrogen (secondary N) is 1. The zero-order valence-electron chi connectivity index (χ0n) is 15.9. The van der Waals surface area contributed by atoms with Gasteiger partial charge in [0, 0.05) is 5.56 Å². The predicted molar refractivity (Wildman–Crippen MR) is 98.8 cm³/mol. The van der Waals surface area contributed by atoms with Crippen molar-refractivity contribution in [3.05, 3.63) is 17.7 Å². The van der Waals surface area contributed by atoms with E-state index in [1.807, 2.05) is 20.8 Å². The van der Waals surface area contributed by atoms with E-state index in [-0.39, 0.29) is 5.91 Å². The molecule has 1 saturated carbocycles. The van der Waals surface area contributed by atoms with Crippen molar-refractivity contribution >= 4 is 5.91 Å². The molecule has 0 radical (unpaired) electrons. The van der Waals surface area contributed by atoms with Crippen LogP contribution >= 0.6 is 0 Å². The van der Waals surface area contributed by atoms with Gasteiger partial charge in [-0.1, -0.05) is 19.3 Å². The first kappa shape index (κ1) is 19.9. The highest BCUT2D eigenvalue weighted by Crippen LogP contribution is 2.39. The summed E-state index contributed by atoms with van der Waals surface area (Å²) in [7, 11) is 0. The zero-order valence-corrected chi connectivity index (χ0v) is 15.9. The Hall–Kier alpha value is -2.42.